The lowest BCUT2D eigenvalue weighted by molar-refractivity contribution is 0.0680. The molecule has 1 heterocycles. The summed E-state index contributed by atoms with van der Waals surface area (Å²) in [6, 6.07) is 7.80. The quantitative estimate of drug-likeness (QED) is 0.205. The molecular weight excluding hydrogens is 446 g/mol. The summed E-state index contributed by atoms with van der Waals surface area (Å²) in [5.41, 5.74) is 2.72. The topological polar surface area (TPSA) is 82.3 Å². The van der Waals surface area contributed by atoms with Crippen molar-refractivity contribution in [3.63, 3.8) is 0 Å². The van der Waals surface area contributed by atoms with Gasteiger partial charge in [-0.15, -0.1) is 0 Å². The predicted octanol–water partition coefficient (Wildman–Crippen LogP) is 3.78. The fourth-order valence-corrected chi connectivity index (χ4v) is 3.78. The van der Waals surface area contributed by atoms with Crippen LogP contribution in [0.2, 0.25) is 0 Å². The van der Waals surface area contributed by atoms with E-state index < -0.39 is 0 Å². The van der Waals surface area contributed by atoms with Crippen molar-refractivity contribution in [1.82, 2.24) is 10.2 Å². The number of nitrogens with zero attached hydrogens (tertiary/aromatic N) is 3. The smallest absolute Gasteiger partial charge is 0.157 e. The molecule has 1 fully saturated rings. The zero-order valence-electron chi connectivity index (χ0n) is 20.5. The van der Waals surface area contributed by atoms with Gasteiger partial charge in [-0.05, 0) is 19.3 Å². The van der Waals surface area contributed by atoms with Gasteiger partial charge < -0.3 is 25.1 Å². The number of methoxy groups -OCH3 is 1. The van der Waals surface area contributed by atoms with Gasteiger partial charge >= 0.3 is 0 Å². The summed E-state index contributed by atoms with van der Waals surface area (Å²) in [5, 5.41) is 11.2. The lowest BCUT2D eigenvalue weighted by Crippen LogP contribution is -2.42. The zero-order valence-corrected chi connectivity index (χ0v) is 21.3. The maximum Gasteiger partial charge on any atom is 0.157 e. The number of hydrogen-bond donors (Lipinski definition) is 2. The van der Waals surface area contributed by atoms with Crippen LogP contribution in [-0.2, 0) is 9.47 Å². The molecule has 0 spiro atoms. The van der Waals surface area contributed by atoms with Crippen molar-refractivity contribution in [3.05, 3.63) is 71.5 Å². The molecule has 1 aromatic rings. The monoisotopic (exact) mass is 483 g/mol. The van der Waals surface area contributed by atoms with E-state index in [-0.39, 0.29) is 0 Å². The van der Waals surface area contributed by atoms with Crippen molar-refractivity contribution in [2.45, 2.75) is 6.92 Å². The summed E-state index contributed by atoms with van der Waals surface area (Å²) in [4.78, 5) is 12.1. The lowest BCUT2D eigenvalue weighted by Gasteiger charge is -2.29. The molecule has 8 heteroatoms. The van der Waals surface area contributed by atoms with Gasteiger partial charge in [0.25, 0.3) is 0 Å². The number of amidine groups is 2. The van der Waals surface area contributed by atoms with E-state index in [0.29, 0.717) is 38.7 Å². The van der Waals surface area contributed by atoms with Crippen LogP contribution < -0.4 is 5.32 Å². The SMILES string of the molecule is C/C=C(\C=C/COC)NC/C=C/C/N=C(\N=C(/CSC)N1CCOCC1)c1ccccc1C=N. The molecule has 1 saturated heterocycles. The van der Waals surface area contributed by atoms with E-state index in [9.17, 15) is 0 Å². The van der Waals surface area contributed by atoms with E-state index in [0.717, 1.165) is 41.5 Å². The van der Waals surface area contributed by atoms with Crippen LogP contribution in [0.15, 0.2) is 70.3 Å². The first-order chi connectivity index (χ1) is 16.7. The summed E-state index contributed by atoms with van der Waals surface area (Å²) in [7, 11) is 1.68. The van der Waals surface area contributed by atoms with E-state index in [4.69, 9.17) is 24.9 Å². The van der Waals surface area contributed by atoms with Gasteiger partial charge in [-0.3, -0.25) is 4.99 Å². The summed E-state index contributed by atoms with van der Waals surface area (Å²) in [6.07, 6.45) is 13.5. The minimum Gasteiger partial charge on any atom is -0.382 e. The number of nitrogens with one attached hydrogen (secondary N) is 2. The molecule has 2 rings (SSSR count). The molecule has 2 N–H and O–H groups in total. The largest absolute Gasteiger partial charge is 0.382 e. The Hall–Kier alpha value is -2.68. The number of allylic oxidation sites excluding steroid dienone is 2. The normalized spacial score (nSPS) is 16.0. The number of ether oxygens (including phenoxy) is 2. The van der Waals surface area contributed by atoms with Gasteiger partial charge in [0.05, 0.1) is 32.1 Å². The third-order valence-corrected chi connectivity index (χ3v) is 5.60. The van der Waals surface area contributed by atoms with E-state index in [1.807, 2.05) is 55.5 Å². The highest BCUT2D eigenvalue weighted by molar-refractivity contribution is 7.99. The standard InChI is InChI=1S/C26H37N5O2S/c1-4-23(11-9-17-32-2)28-13-7-8-14-29-26(24-12-6-5-10-22(24)20-27)30-25(21-34-3)31-15-18-33-19-16-31/h4-12,20,27-28H,13-19,21H2,1-3H3/b8-7+,11-9-,23-4+,27-20?,29-26-,30-25+. The number of thioether (sulfide) groups is 1. The van der Waals surface area contributed by atoms with Crippen LogP contribution in [0.4, 0.5) is 0 Å². The second-order valence-corrected chi connectivity index (χ2v) is 8.28. The Bertz CT molecular complexity index is 902. The molecule has 0 bridgehead atoms. The average Bonchev–Trinajstić information content (AvgIpc) is 2.88. The third kappa shape index (κ3) is 9.67. The molecule has 34 heavy (non-hydrogen) atoms. The summed E-state index contributed by atoms with van der Waals surface area (Å²) in [5.74, 6) is 2.46. The Balaban J connectivity index is 2.17. The minimum absolute atomic E-state index is 0.507. The number of aliphatic imine (C=N–C) groups is 2. The molecule has 184 valence electrons. The molecule has 0 unspecified atom stereocenters. The third-order valence-electron chi connectivity index (χ3n) is 5.05. The molecule has 7 nitrogen and oxygen atoms in total. The highest BCUT2D eigenvalue weighted by Gasteiger charge is 2.17. The second kappa shape index (κ2) is 16.9. The highest BCUT2D eigenvalue weighted by Crippen LogP contribution is 2.12. The van der Waals surface area contributed by atoms with Crippen molar-refractivity contribution in [3.8, 4) is 0 Å². The number of hydrogen-bond acceptors (Lipinski definition) is 6. The summed E-state index contributed by atoms with van der Waals surface area (Å²) >= 11 is 1.74. The Kier molecular flexibility index (Phi) is 13.7. The fraction of sp³-hybridized carbons (Fsp3) is 0.423. The first-order valence-corrected chi connectivity index (χ1v) is 12.9. The zero-order chi connectivity index (χ0) is 24.4. The second-order valence-electron chi connectivity index (χ2n) is 7.41. The van der Waals surface area contributed by atoms with Gasteiger partial charge in [0.2, 0.25) is 0 Å². The van der Waals surface area contributed by atoms with E-state index in [1.54, 1.807) is 18.9 Å². The molecule has 0 aromatic heterocycles. The molecule has 0 aliphatic carbocycles. The van der Waals surface area contributed by atoms with Gasteiger partial charge in [-0.2, -0.15) is 11.8 Å². The van der Waals surface area contributed by atoms with Crippen molar-refractivity contribution >= 4 is 29.6 Å². The predicted molar refractivity (Wildman–Crippen MR) is 146 cm³/mol. The maximum absolute atomic E-state index is 7.82. The van der Waals surface area contributed by atoms with E-state index in [2.05, 4.69) is 22.5 Å². The van der Waals surface area contributed by atoms with Crippen LogP contribution in [-0.4, -0.2) is 87.9 Å². The number of rotatable bonds is 12. The molecular formula is C26H37N5O2S. The number of morpholine rings is 1. The van der Waals surface area contributed by atoms with Gasteiger partial charge in [-0.25, -0.2) is 4.99 Å². The highest BCUT2D eigenvalue weighted by atomic mass is 32.2. The Labute approximate surface area is 208 Å². The van der Waals surface area contributed by atoms with Crippen molar-refractivity contribution in [2.24, 2.45) is 9.98 Å². The van der Waals surface area contributed by atoms with Gasteiger partial charge in [-0.1, -0.05) is 48.6 Å². The number of benzene rings is 1. The molecule has 0 amide bonds. The fourth-order valence-electron chi connectivity index (χ4n) is 3.28. The van der Waals surface area contributed by atoms with Crippen LogP contribution in [0.1, 0.15) is 18.1 Å². The van der Waals surface area contributed by atoms with Crippen LogP contribution in [0, 0.1) is 5.41 Å². The summed E-state index contributed by atoms with van der Waals surface area (Å²) in [6.45, 7) is 6.88. The lowest BCUT2D eigenvalue weighted by atomic mass is 10.1. The Morgan fingerprint density at radius 1 is 1.24 bits per heavy atom. The van der Waals surface area contributed by atoms with Crippen LogP contribution in [0.3, 0.4) is 0 Å². The van der Waals surface area contributed by atoms with Gasteiger partial charge in [0, 0.05) is 49.8 Å². The molecule has 1 aliphatic heterocycles. The van der Waals surface area contributed by atoms with Crippen molar-refractivity contribution < 1.29 is 9.47 Å². The van der Waals surface area contributed by atoms with Crippen LogP contribution in [0.5, 0.6) is 0 Å². The Morgan fingerprint density at radius 2 is 2.03 bits per heavy atom. The first-order valence-electron chi connectivity index (χ1n) is 11.5. The Morgan fingerprint density at radius 3 is 2.74 bits per heavy atom. The van der Waals surface area contributed by atoms with Crippen LogP contribution >= 0.6 is 11.8 Å². The molecule has 0 saturated carbocycles. The van der Waals surface area contributed by atoms with Crippen LogP contribution in [0.25, 0.3) is 0 Å². The molecule has 1 aliphatic rings. The first kappa shape index (κ1) is 27.6. The molecule has 0 radical (unpaired) electrons. The van der Waals surface area contributed by atoms with Crippen molar-refractivity contribution in [1.29, 1.82) is 5.41 Å². The molecule has 1 aromatic carbocycles. The van der Waals surface area contributed by atoms with Gasteiger partial charge in [0.1, 0.15) is 5.84 Å². The maximum atomic E-state index is 7.82. The minimum atomic E-state index is 0.507. The van der Waals surface area contributed by atoms with E-state index >= 15 is 0 Å². The van der Waals surface area contributed by atoms with E-state index in [1.165, 1.54) is 6.21 Å². The average molecular weight is 484 g/mol. The van der Waals surface area contributed by atoms with Crippen molar-refractivity contribution in [2.75, 3.05) is 65.1 Å². The van der Waals surface area contributed by atoms with Gasteiger partial charge in [0.15, 0.2) is 5.84 Å². The molecule has 0 atom stereocenters. The summed E-state index contributed by atoms with van der Waals surface area (Å²) < 4.78 is 10.6.